The van der Waals surface area contributed by atoms with Crippen LogP contribution in [0.15, 0.2) is 103 Å². The molecule has 3 aromatic carbocycles. The molecule has 198 valence electrons. The summed E-state index contributed by atoms with van der Waals surface area (Å²) in [4.78, 5) is 8.96. The van der Waals surface area contributed by atoms with E-state index in [0.717, 1.165) is 26.9 Å². The minimum absolute atomic E-state index is 0.346. The summed E-state index contributed by atoms with van der Waals surface area (Å²) >= 11 is 8.60. The van der Waals surface area contributed by atoms with Crippen molar-refractivity contribution in [2.24, 2.45) is 0 Å². The molecule has 6 rings (SSSR count). The van der Waals surface area contributed by atoms with Crippen LogP contribution in [-0.2, 0) is 27.4 Å². The van der Waals surface area contributed by atoms with Crippen molar-refractivity contribution in [3.8, 4) is 11.6 Å². The van der Waals surface area contributed by atoms with E-state index in [1.807, 2.05) is 96.4 Å². The van der Waals surface area contributed by atoms with Crippen LogP contribution in [0, 0.1) is 0 Å². The van der Waals surface area contributed by atoms with E-state index in [9.17, 15) is 0 Å². The van der Waals surface area contributed by atoms with Gasteiger partial charge in [-0.2, -0.15) is 0 Å². The fourth-order valence-corrected chi connectivity index (χ4v) is 6.05. The Morgan fingerprint density at radius 1 is 0.821 bits per heavy atom. The van der Waals surface area contributed by atoms with Gasteiger partial charge in [-0.25, -0.2) is 9.97 Å². The zero-order chi connectivity index (χ0) is 26.4. The molecule has 0 bridgehead atoms. The number of halogens is 1. The third-order valence-electron chi connectivity index (χ3n) is 6.58. The number of benzene rings is 3. The predicted molar refractivity (Wildman–Crippen MR) is 152 cm³/mol. The number of nitrogens with zero attached hydrogens (tertiary/aromatic N) is 2. The third-order valence-corrected chi connectivity index (χ3v) is 8.04. The molecule has 1 aliphatic heterocycles. The quantitative estimate of drug-likeness (QED) is 0.167. The second-order valence-electron chi connectivity index (χ2n) is 9.26. The van der Waals surface area contributed by atoms with Gasteiger partial charge in [-0.1, -0.05) is 78.9 Å². The van der Waals surface area contributed by atoms with Gasteiger partial charge in [0.25, 0.3) is 0 Å². The maximum atomic E-state index is 7.09. The molecule has 8 heteroatoms. The number of fused-ring (bicyclic) bond motifs is 1. The molecule has 1 fully saturated rings. The largest absolute Gasteiger partial charge is 0.437 e. The summed E-state index contributed by atoms with van der Waals surface area (Å²) in [7, 11) is 0. The van der Waals surface area contributed by atoms with Gasteiger partial charge >= 0.3 is 0 Å². The zero-order valence-electron chi connectivity index (χ0n) is 21.1. The fraction of sp³-hybridized carbons (Fsp3) is 0.226. The second-order valence-corrected chi connectivity index (χ2v) is 10.6. The Morgan fingerprint density at radius 2 is 1.49 bits per heavy atom. The average Bonchev–Trinajstić information content (AvgIpc) is 3.55. The molecule has 4 atom stereocenters. The van der Waals surface area contributed by atoms with Crippen LogP contribution < -0.4 is 4.74 Å². The highest BCUT2D eigenvalue weighted by molar-refractivity contribution is 7.17. The smallest absolute Gasteiger partial charge is 0.240 e. The Hall–Kier alpha value is -3.33. The van der Waals surface area contributed by atoms with Crippen LogP contribution in [0.25, 0.3) is 10.2 Å². The highest BCUT2D eigenvalue weighted by Gasteiger charge is 2.46. The second kappa shape index (κ2) is 12.2. The van der Waals surface area contributed by atoms with Gasteiger partial charge < -0.3 is 18.9 Å². The lowest BCUT2D eigenvalue weighted by Gasteiger charge is -2.21. The molecule has 0 aliphatic carbocycles. The molecule has 0 spiro atoms. The molecule has 1 aliphatic rings. The standard InChI is InChI=1S/C31H27ClN2O4S/c32-26-28(24-19-39-30-27(24)33-20-34-31(30)37-23-14-8-3-9-15-23)38-25(18-35-16-21-10-4-1-5-11-21)29(26)36-17-22-12-6-2-7-13-22/h1-15,19-20,25-26,28-29H,16-18H2/t25-,26+,28+,29-/m1/s1. The number of hydrogen-bond acceptors (Lipinski definition) is 7. The summed E-state index contributed by atoms with van der Waals surface area (Å²) in [6.45, 7) is 1.27. The third kappa shape index (κ3) is 5.98. The molecule has 0 unspecified atom stereocenters. The fourth-order valence-electron chi connectivity index (χ4n) is 4.65. The summed E-state index contributed by atoms with van der Waals surface area (Å²) in [5, 5.41) is 1.59. The molecule has 2 aromatic heterocycles. The van der Waals surface area contributed by atoms with Crippen molar-refractivity contribution < 1.29 is 18.9 Å². The molecular formula is C31H27ClN2O4S. The molecule has 0 amide bonds. The van der Waals surface area contributed by atoms with Crippen molar-refractivity contribution in [1.82, 2.24) is 9.97 Å². The van der Waals surface area contributed by atoms with E-state index in [-0.39, 0.29) is 12.2 Å². The number of hydrogen-bond donors (Lipinski definition) is 0. The summed E-state index contributed by atoms with van der Waals surface area (Å²) in [6, 6.07) is 29.7. The van der Waals surface area contributed by atoms with E-state index in [4.69, 9.17) is 30.5 Å². The topological polar surface area (TPSA) is 62.7 Å². The van der Waals surface area contributed by atoms with Crippen molar-refractivity contribution in [1.29, 1.82) is 0 Å². The van der Waals surface area contributed by atoms with Gasteiger partial charge in [0.15, 0.2) is 0 Å². The SMILES string of the molecule is Cl[C@@H]1[C@H](OCc2ccccc2)[C@@H](COCc2ccccc2)O[C@H]1c1csc2c(Oc3ccccc3)ncnc12. The first kappa shape index (κ1) is 25.9. The van der Waals surface area contributed by atoms with Crippen molar-refractivity contribution in [3.63, 3.8) is 0 Å². The molecular weight excluding hydrogens is 532 g/mol. The van der Waals surface area contributed by atoms with Gasteiger partial charge in [-0.3, -0.25) is 0 Å². The first-order valence-electron chi connectivity index (χ1n) is 12.8. The lowest BCUT2D eigenvalue weighted by molar-refractivity contribution is -0.0713. The normalized spacial score (nSPS) is 20.8. The van der Waals surface area contributed by atoms with Crippen LogP contribution in [0.1, 0.15) is 22.8 Å². The van der Waals surface area contributed by atoms with E-state index in [0.29, 0.717) is 31.5 Å². The van der Waals surface area contributed by atoms with E-state index < -0.39 is 11.5 Å². The molecule has 39 heavy (non-hydrogen) atoms. The van der Waals surface area contributed by atoms with Crippen molar-refractivity contribution in [3.05, 3.63) is 119 Å². The first-order valence-corrected chi connectivity index (χ1v) is 14.1. The van der Waals surface area contributed by atoms with Gasteiger partial charge in [0.2, 0.25) is 5.88 Å². The number of alkyl halides is 1. The zero-order valence-corrected chi connectivity index (χ0v) is 22.6. The summed E-state index contributed by atoms with van der Waals surface area (Å²) in [6.07, 6.45) is 0.371. The van der Waals surface area contributed by atoms with Crippen LogP contribution >= 0.6 is 22.9 Å². The molecule has 5 aromatic rings. The molecule has 0 N–H and O–H groups in total. The van der Waals surface area contributed by atoms with Gasteiger partial charge in [-0.05, 0) is 28.6 Å². The number of thiophene rings is 1. The highest BCUT2D eigenvalue weighted by Crippen LogP contribution is 2.44. The average molecular weight is 559 g/mol. The summed E-state index contributed by atoms with van der Waals surface area (Å²) < 4.78 is 25.9. The Bertz CT molecular complexity index is 1490. The van der Waals surface area contributed by atoms with E-state index >= 15 is 0 Å². The number of para-hydroxylation sites is 1. The van der Waals surface area contributed by atoms with Gasteiger partial charge in [-0.15, -0.1) is 22.9 Å². The van der Waals surface area contributed by atoms with Crippen LogP contribution in [-0.4, -0.2) is 34.2 Å². The minimum atomic E-state index is -0.440. The lowest BCUT2D eigenvalue weighted by Crippen LogP contribution is -2.33. The first-order chi connectivity index (χ1) is 19.3. The Labute approximate surface area is 236 Å². The van der Waals surface area contributed by atoms with E-state index in [2.05, 4.69) is 9.97 Å². The van der Waals surface area contributed by atoms with Gasteiger partial charge in [0.1, 0.15) is 35.1 Å². The molecule has 1 saturated heterocycles. The maximum absolute atomic E-state index is 7.09. The maximum Gasteiger partial charge on any atom is 0.240 e. The Kier molecular flexibility index (Phi) is 8.13. The van der Waals surface area contributed by atoms with Crippen LogP contribution in [0.4, 0.5) is 0 Å². The van der Waals surface area contributed by atoms with E-state index in [1.165, 1.54) is 17.7 Å². The minimum Gasteiger partial charge on any atom is -0.437 e. The predicted octanol–water partition coefficient (Wildman–Crippen LogP) is 7.33. The number of aromatic nitrogens is 2. The highest BCUT2D eigenvalue weighted by atomic mass is 35.5. The summed E-state index contributed by atoms with van der Waals surface area (Å²) in [5.74, 6) is 1.22. The van der Waals surface area contributed by atoms with E-state index in [1.54, 1.807) is 0 Å². The van der Waals surface area contributed by atoms with Gasteiger partial charge in [0, 0.05) is 5.56 Å². The van der Waals surface area contributed by atoms with Crippen LogP contribution in [0.5, 0.6) is 11.6 Å². The molecule has 6 nitrogen and oxygen atoms in total. The molecule has 0 radical (unpaired) electrons. The monoisotopic (exact) mass is 558 g/mol. The number of rotatable bonds is 10. The van der Waals surface area contributed by atoms with Crippen LogP contribution in [0.3, 0.4) is 0 Å². The molecule has 0 saturated carbocycles. The summed E-state index contributed by atoms with van der Waals surface area (Å²) in [5.41, 5.74) is 3.84. The Morgan fingerprint density at radius 3 is 2.21 bits per heavy atom. The number of ether oxygens (including phenoxy) is 4. The van der Waals surface area contributed by atoms with Crippen molar-refractivity contribution >= 4 is 33.2 Å². The molecule has 3 heterocycles. The Balaban J connectivity index is 1.23. The van der Waals surface area contributed by atoms with Crippen LogP contribution in [0.2, 0.25) is 0 Å². The van der Waals surface area contributed by atoms with Gasteiger partial charge in [0.05, 0.1) is 30.7 Å². The van der Waals surface area contributed by atoms with Crippen molar-refractivity contribution in [2.45, 2.75) is 36.9 Å². The van der Waals surface area contributed by atoms with Crippen molar-refractivity contribution in [2.75, 3.05) is 6.61 Å². The lowest BCUT2D eigenvalue weighted by atomic mass is 10.1.